The largest absolute Gasteiger partial charge is 0.389 e. The van der Waals surface area contributed by atoms with Gasteiger partial charge in [0.2, 0.25) is 0 Å². The number of rotatable bonds is 5. The predicted octanol–water partition coefficient (Wildman–Crippen LogP) is 4.58. The number of benzene rings is 1. The number of aliphatic hydroxyl groups excluding tert-OH is 1. The van der Waals surface area contributed by atoms with Crippen molar-refractivity contribution in [3.8, 4) is 0 Å². The Hall–Kier alpha value is -1.16. The first-order valence-corrected chi connectivity index (χ1v) is 12.7. The van der Waals surface area contributed by atoms with Crippen LogP contribution in [0.5, 0.6) is 0 Å². The van der Waals surface area contributed by atoms with Gasteiger partial charge in [-0.2, -0.15) is 0 Å². The molecule has 2 nitrogen and oxygen atoms in total. The van der Waals surface area contributed by atoms with E-state index in [9.17, 15) is 5.11 Å². The lowest BCUT2D eigenvalue weighted by Gasteiger charge is -2.30. The van der Waals surface area contributed by atoms with Crippen LogP contribution >= 0.6 is 0 Å². The van der Waals surface area contributed by atoms with E-state index in [1.54, 1.807) is 0 Å². The van der Waals surface area contributed by atoms with Crippen molar-refractivity contribution in [2.75, 3.05) is 6.61 Å². The second-order valence-corrected chi connectivity index (χ2v) is 13.4. The van der Waals surface area contributed by atoms with Crippen molar-refractivity contribution in [2.24, 2.45) is 17.8 Å². The molecule has 3 heteroatoms. The summed E-state index contributed by atoms with van der Waals surface area (Å²) in [5.41, 5.74) is 4.93. The van der Waals surface area contributed by atoms with E-state index in [2.05, 4.69) is 61.8 Å². The first kappa shape index (κ1) is 17.7. The van der Waals surface area contributed by atoms with Crippen molar-refractivity contribution in [1.29, 1.82) is 0 Å². The normalized spacial score (nSPS) is 31.4. The molecule has 0 amide bonds. The molecule has 1 aromatic carbocycles. The van der Waals surface area contributed by atoms with E-state index >= 15 is 0 Å². The minimum Gasteiger partial charge on any atom is -0.389 e. The maximum Gasteiger partial charge on any atom is 0.0755 e. The highest BCUT2D eigenvalue weighted by Gasteiger charge is 2.42. The monoisotopic (exact) mass is 342 g/mol. The molecule has 24 heavy (non-hydrogen) atoms. The van der Waals surface area contributed by atoms with Gasteiger partial charge in [0.15, 0.2) is 0 Å². The van der Waals surface area contributed by atoms with Crippen LogP contribution in [0.4, 0.5) is 0 Å². The fourth-order valence-corrected chi connectivity index (χ4v) is 5.50. The van der Waals surface area contributed by atoms with Crippen molar-refractivity contribution >= 4 is 8.07 Å². The van der Waals surface area contributed by atoms with Gasteiger partial charge in [0.05, 0.1) is 27.4 Å². The second kappa shape index (κ2) is 7.38. The molecule has 130 valence electrons. The molecule has 0 aliphatic heterocycles. The fourth-order valence-electron chi connectivity index (χ4n) is 4.11. The van der Waals surface area contributed by atoms with E-state index in [0.29, 0.717) is 24.4 Å². The highest BCUT2D eigenvalue weighted by Crippen LogP contribution is 2.46. The number of allylic oxidation sites excluding steroid dienone is 2. The average molecular weight is 343 g/mol. The standard InChI is InChI=1S/C21H30O2Si/c1-24(2,3)15-20-18-11-7-10-17(19(18)12-21(20)22)14-23-13-16-8-5-4-6-9-16/h4-9,11,15,17-19,21-22H,10,12-14H2,1-3H3/b20-15-/t17-,18-,19+,21?/m1/s1. The van der Waals surface area contributed by atoms with Gasteiger partial charge in [-0.3, -0.25) is 0 Å². The van der Waals surface area contributed by atoms with Crippen LogP contribution in [-0.4, -0.2) is 25.9 Å². The van der Waals surface area contributed by atoms with Gasteiger partial charge in [0.1, 0.15) is 0 Å². The Morgan fingerprint density at radius 3 is 2.67 bits per heavy atom. The van der Waals surface area contributed by atoms with Crippen LogP contribution in [0.15, 0.2) is 53.8 Å². The van der Waals surface area contributed by atoms with Gasteiger partial charge in [-0.25, -0.2) is 0 Å². The Balaban J connectivity index is 1.63. The first-order chi connectivity index (χ1) is 11.4. The van der Waals surface area contributed by atoms with Gasteiger partial charge < -0.3 is 9.84 Å². The molecule has 1 N–H and O–H groups in total. The van der Waals surface area contributed by atoms with Crippen LogP contribution in [-0.2, 0) is 11.3 Å². The Kier molecular flexibility index (Phi) is 5.43. The molecule has 0 heterocycles. The Morgan fingerprint density at radius 1 is 1.21 bits per heavy atom. The van der Waals surface area contributed by atoms with Crippen LogP contribution in [0.25, 0.3) is 0 Å². The molecular weight excluding hydrogens is 312 g/mol. The lowest BCUT2D eigenvalue weighted by molar-refractivity contribution is 0.0569. The minimum absolute atomic E-state index is 0.258. The molecule has 4 atom stereocenters. The number of hydrogen-bond donors (Lipinski definition) is 1. The molecule has 2 aliphatic rings. The average Bonchev–Trinajstić information content (AvgIpc) is 2.84. The van der Waals surface area contributed by atoms with Crippen molar-refractivity contribution in [2.45, 2.75) is 45.2 Å². The zero-order valence-corrected chi connectivity index (χ0v) is 16.1. The van der Waals surface area contributed by atoms with E-state index in [4.69, 9.17) is 4.74 Å². The van der Waals surface area contributed by atoms with Crippen molar-refractivity contribution in [1.82, 2.24) is 0 Å². The Labute approximate surface area is 147 Å². The predicted molar refractivity (Wildman–Crippen MR) is 102 cm³/mol. The van der Waals surface area contributed by atoms with Gasteiger partial charge in [0, 0.05) is 5.92 Å². The molecule has 1 saturated carbocycles. The summed E-state index contributed by atoms with van der Waals surface area (Å²) in [6, 6.07) is 10.4. The summed E-state index contributed by atoms with van der Waals surface area (Å²) in [4.78, 5) is 0. The molecular formula is C21H30O2Si. The van der Waals surface area contributed by atoms with Crippen molar-refractivity contribution in [3.63, 3.8) is 0 Å². The zero-order valence-electron chi connectivity index (χ0n) is 15.1. The number of ether oxygens (including phenoxy) is 1. The Bertz CT molecular complexity index is 600. The highest BCUT2D eigenvalue weighted by atomic mass is 28.3. The van der Waals surface area contributed by atoms with Crippen LogP contribution in [0, 0.1) is 17.8 Å². The third-order valence-corrected chi connectivity index (χ3v) is 6.36. The molecule has 0 saturated heterocycles. The molecule has 2 aliphatic carbocycles. The summed E-state index contributed by atoms with van der Waals surface area (Å²) in [5, 5.41) is 10.6. The topological polar surface area (TPSA) is 29.5 Å². The van der Waals surface area contributed by atoms with Crippen LogP contribution in [0.3, 0.4) is 0 Å². The molecule has 1 fully saturated rings. The quantitative estimate of drug-likeness (QED) is 0.627. The minimum atomic E-state index is -1.32. The van der Waals surface area contributed by atoms with Gasteiger partial charge in [-0.15, -0.1) is 0 Å². The third-order valence-electron chi connectivity index (χ3n) is 5.16. The third kappa shape index (κ3) is 4.27. The van der Waals surface area contributed by atoms with Crippen LogP contribution < -0.4 is 0 Å². The molecule has 3 rings (SSSR count). The number of hydrogen-bond acceptors (Lipinski definition) is 2. The highest BCUT2D eigenvalue weighted by molar-refractivity contribution is 6.81. The maximum atomic E-state index is 10.6. The molecule has 0 aromatic heterocycles. The maximum absolute atomic E-state index is 10.6. The van der Waals surface area contributed by atoms with Crippen molar-refractivity contribution in [3.05, 3.63) is 59.3 Å². The van der Waals surface area contributed by atoms with E-state index in [1.165, 1.54) is 11.1 Å². The summed E-state index contributed by atoms with van der Waals surface area (Å²) < 4.78 is 6.01. The summed E-state index contributed by atoms with van der Waals surface area (Å²) in [6.07, 6.45) is 6.34. The first-order valence-electron chi connectivity index (χ1n) is 9.13. The lowest BCUT2D eigenvalue weighted by atomic mass is 9.77. The molecule has 0 spiro atoms. The lowest BCUT2D eigenvalue weighted by Crippen LogP contribution is -2.26. The van der Waals surface area contributed by atoms with Gasteiger partial charge in [-0.1, -0.05) is 67.8 Å². The molecule has 1 aromatic rings. The van der Waals surface area contributed by atoms with E-state index in [-0.39, 0.29) is 6.10 Å². The second-order valence-electron chi connectivity index (χ2n) is 8.38. The zero-order chi connectivity index (χ0) is 17.2. The van der Waals surface area contributed by atoms with Gasteiger partial charge >= 0.3 is 0 Å². The molecule has 1 unspecified atom stereocenters. The molecule has 0 bridgehead atoms. The summed E-state index contributed by atoms with van der Waals surface area (Å²) in [5.74, 6) is 1.47. The smallest absolute Gasteiger partial charge is 0.0755 e. The van der Waals surface area contributed by atoms with Crippen molar-refractivity contribution < 1.29 is 9.84 Å². The SMILES string of the molecule is C[Si](C)(C)/C=C1\C(O)C[C@H]2[C@@H](COCc3ccccc3)CC=C[C@@H]12. The van der Waals surface area contributed by atoms with E-state index < -0.39 is 8.07 Å². The van der Waals surface area contributed by atoms with Crippen LogP contribution in [0.1, 0.15) is 18.4 Å². The summed E-state index contributed by atoms with van der Waals surface area (Å²) >= 11 is 0. The summed E-state index contributed by atoms with van der Waals surface area (Å²) in [7, 11) is -1.32. The Morgan fingerprint density at radius 2 is 1.96 bits per heavy atom. The van der Waals surface area contributed by atoms with Gasteiger partial charge in [-0.05, 0) is 35.8 Å². The molecule has 0 radical (unpaired) electrons. The summed E-state index contributed by atoms with van der Waals surface area (Å²) in [6.45, 7) is 8.49. The van der Waals surface area contributed by atoms with Gasteiger partial charge in [0.25, 0.3) is 0 Å². The van der Waals surface area contributed by atoms with E-state index in [1.807, 2.05) is 6.07 Å². The van der Waals surface area contributed by atoms with E-state index in [0.717, 1.165) is 19.4 Å². The van der Waals surface area contributed by atoms with Crippen LogP contribution in [0.2, 0.25) is 19.6 Å². The number of fused-ring (bicyclic) bond motifs is 1. The number of aliphatic hydroxyl groups is 1. The fraction of sp³-hybridized carbons (Fsp3) is 0.524.